The van der Waals surface area contributed by atoms with Crippen LogP contribution in [-0.2, 0) is 9.47 Å². The fourth-order valence-electron chi connectivity index (χ4n) is 2.86. The van der Waals surface area contributed by atoms with Gasteiger partial charge in [0.25, 0.3) is 12.1 Å². The summed E-state index contributed by atoms with van der Waals surface area (Å²) in [5.74, 6) is -0.688. The van der Waals surface area contributed by atoms with Crippen LogP contribution in [0.25, 0.3) is 0 Å². The molecule has 2 N–H and O–H groups in total. The Kier molecular flexibility index (Phi) is 5.60. The van der Waals surface area contributed by atoms with Crippen molar-refractivity contribution < 1.29 is 28.7 Å². The van der Waals surface area contributed by atoms with Gasteiger partial charge in [0, 0.05) is 18.2 Å². The lowest BCUT2D eigenvalue weighted by Gasteiger charge is -2.09. The molecule has 2 heterocycles. The highest BCUT2D eigenvalue weighted by atomic mass is 16.5. The number of carbonyl (C=O) groups excluding carboxylic acids is 2. The van der Waals surface area contributed by atoms with Crippen LogP contribution in [0.2, 0.25) is 0 Å². The first-order valence-corrected chi connectivity index (χ1v) is 8.37. The highest BCUT2D eigenvalue weighted by Crippen LogP contribution is 2.23. The molecule has 0 aliphatic carbocycles. The summed E-state index contributed by atoms with van der Waals surface area (Å²) in [5.41, 5.74) is 1.48. The number of aliphatic hydroxyl groups excluding tert-OH is 1. The molecule has 0 radical (unpaired) electrons. The van der Waals surface area contributed by atoms with E-state index in [-0.39, 0.29) is 24.8 Å². The van der Waals surface area contributed by atoms with E-state index in [9.17, 15) is 14.7 Å². The van der Waals surface area contributed by atoms with E-state index in [4.69, 9.17) is 4.74 Å². The number of carbonyl (C=O) groups is 2. The Morgan fingerprint density at radius 2 is 2.00 bits per heavy atom. The Bertz CT molecular complexity index is 791. The van der Waals surface area contributed by atoms with Crippen LogP contribution in [0.5, 0.6) is 0 Å². The largest absolute Gasteiger partial charge is 0.465 e. The number of hydrogen-bond donors (Lipinski definition) is 2. The molecule has 2 aromatic rings. The molecule has 0 spiro atoms. The minimum atomic E-state index is -0.426. The Morgan fingerprint density at radius 1 is 1.23 bits per heavy atom. The highest BCUT2D eigenvalue weighted by Gasteiger charge is 2.31. The molecular formula is C19H21N2O5+. The minimum absolute atomic E-state index is 0.00118. The molecule has 1 aromatic heterocycles. The lowest BCUT2D eigenvalue weighted by molar-refractivity contribution is -0.759. The van der Waals surface area contributed by atoms with Crippen LogP contribution < -0.4 is 9.88 Å². The van der Waals surface area contributed by atoms with E-state index >= 15 is 0 Å². The second-order valence-corrected chi connectivity index (χ2v) is 6.04. The maximum Gasteiger partial charge on any atom is 0.337 e. The van der Waals surface area contributed by atoms with E-state index in [0.717, 1.165) is 12.8 Å². The molecule has 1 aromatic carbocycles. The van der Waals surface area contributed by atoms with Crippen molar-refractivity contribution in [1.29, 1.82) is 0 Å². The number of nitrogens with one attached hydrogen (secondary N) is 1. The number of rotatable bonds is 5. The topological polar surface area (TPSA) is 88.7 Å². The molecule has 1 aliphatic heterocycles. The maximum atomic E-state index is 12.5. The first kappa shape index (κ1) is 18.0. The SMILES string of the molecule is COC(=O)c1ccc(NC(=O)c2ccc[n+](C3CCC(CO)O3)c2)cc1. The van der Waals surface area contributed by atoms with Gasteiger partial charge in [0.1, 0.15) is 5.56 Å². The molecule has 1 aliphatic rings. The number of pyridine rings is 1. The third-order valence-corrected chi connectivity index (χ3v) is 4.27. The molecule has 2 atom stereocenters. The molecule has 1 fully saturated rings. The van der Waals surface area contributed by atoms with Crippen LogP contribution in [0.15, 0.2) is 48.8 Å². The average Bonchev–Trinajstić information content (AvgIpc) is 3.17. The number of hydrogen-bond acceptors (Lipinski definition) is 5. The number of methoxy groups -OCH3 is 1. The molecule has 1 amide bonds. The number of amides is 1. The van der Waals surface area contributed by atoms with Crippen molar-refractivity contribution in [3.63, 3.8) is 0 Å². The van der Waals surface area contributed by atoms with Crippen molar-refractivity contribution in [2.75, 3.05) is 19.0 Å². The number of benzene rings is 1. The summed E-state index contributed by atoms with van der Waals surface area (Å²) in [7, 11) is 1.32. The Hall–Kier alpha value is -2.77. The molecule has 0 saturated carbocycles. The summed E-state index contributed by atoms with van der Waals surface area (Å²) in [6.07, 6.45) is 4.81. The van der Waals surface area contributed by atoms with E-state index in [1.54, 1.807) is 42.6 Å². The zero-order valence-electron chi connectivity index (χ0n) is 14.4. The van der Waals surface area contributed by atoms with Gasteiger partial charge in [-0.1, -0.05) is 0 Å². The molecule has 3 rings (SSSR count). The van der Waals surface area contributed by atoms with Gasteiger partial charge in [0.2, 0.25) is 0 Å². The first-order chi connectivity index (χ1) is 12.6. The maximum absolute atomic E-state index is 12.5. The van der Waals surface area contributed by atoms with Crippen LogP contribution in [0.3, 0.4) is 0 Å². The number of aliphatic hydroxyl groups is 1. The molecule has 7 heteroatoms. The predicted octanol–water partition coefficient (Wildman–Crippen LogP) is 1.68. The Morgan fingerprint density at radius 3 is 2.65 bits per heavy atom. The van der Waals surface area contributed by atoms with Gasteiger partial charge in [-0.3, -0.25) is 4.79 Å². The number of nitrogens with zero attached hydrogens (tertiary/aromatic N) is 1. The molecule has 26 heavy (non-hydrogen) atoms. The third kappa shape index (κ3) is 4.07. The molecule has 0 bridgehead atoms. The molecule has 7 nitrogen and oxygen atoms in total. The summed E-state index contributed by atoms with van der Waals surface area (Å²) < 4.78 is 12.2. The standard InChI is InChI=1S/C19H20N2O5/c1-25-19(24)13-4-6-15(7-5-13)20-18(23)14-3-2-10-21(11-14)17-9-8-16(12-22)26-17/h2-7,10-11,16-17,22H,8-9,12H2,1H3/p+1. The van der Waals surface area contributed by atoms with E-state index in [1.165, 1.54) is 7.11 Å². The van der Waals surface area contributed by atoms with E-state index in [0.29, 0.717) is 16.8 Å². The summed E-state index contributed by atoms with van der Waals surface area (Å²) >= 11 is 0. The van der Waals surface area contributed by atoms with Crippen molar-refractivity contribution in [3.8, 4) is 0 Å². The third-order valence-electron chi connectivity index (χ3n) is 4.27. The normalized spacial score (nSPS) is 19.2. The van der Waals surface area contributed by atoms with Crippen LogP contribution in [0.1, 0.15) is 39.8 Å². The zero-order chi connectivity index (χ0) is 18.5. The quantitative estimate of drug-likeness (QED) is 0.628. The van der Waals surface area contributed by atoms with Crippen LogP contribution in [0.4, 0.5) is 5.69 Å². The number of anilines is 1. The van der Waals surface area contributed by atoms with Crippen LogP contribution in [0, 0.1) is 0 Å². The van der Waals surface area contributed by atoms with Gasteiger partial charge in [-0.05, 0) is 36.8 Å². The predicted molar refractivity (Wildman–Crippen MR) is 92.6 cm³/mol. The molecule has 1 saturated heterocycles. The fourth-order valence-corrected chi connectivity index (χ4v) is 2.86. The van der Waals surface area contributed by atoms with Gasteiger partial charge in [0.15, 0.2) is 12.4 Å². The Balaban J connectivity index is 1.68. The molecule has 2 unspecified atom stereocenters. The fraction of sp³-hybridized carbons (Fsp3) is 0.316. The van der Waals surface area contributed by atoms with Crippen molar-refractivity contribution >= 4 is 17.6 Å². The van der Waals surface area contributed by atoms with Gasteiger partial charge >= 0.3 is 5.97 Å². The van der Waals surface area contributed by atoms with E-state index in [1.807, 2.05) is 10.8 Å². The summed E-state index contributed by atoms with van der Waals surface area (Å²) in [6, 6.07) is 9.97. The minimum Gasteiger partial charge on any atom is -0.465 e. The number of esters is 1. The van der Waals surface area contributed by atoms with Crippen LogP contribution in [-0.4, -0.2) is 36.8 Å². The smallest absolute Gasteiger partial charge is 0.337 e. The van der Waals surface area contributed by atoms with Gasteiger partial charge < -0.3 is 19.9 Å². The van der Waals surface area contributed by atoms with Crippen molar-refractivity contribution in [3.05, 3.63) is 59.9 Å². The second-order valence-electron chi connectivity index (χ2n) is 6.04. The summed E-state index contributed by atoms with van der Waals surface area (Å²) in [5, 5.41) is 12.0. The van der Waals surface area contributed by atoms with Crippen molar-refractivity contribution in [2.45, 2.75) is 25.2 Å². The number of aromatic nitrogens is 1. The molecule has 136 valence electrons. The van der Waals surface area contributed by atoms with Crippen molar-refractivity contribution in [1.82, 2.24) is 0 Å². The van der Waals surface area contributed by atoms with Gasteiger partial charge in [0.05, 0.1) is 25.4 Å². The van der Waals surface area contributed by atoms with Gasteiger partial charge in [-0.25, -0.2) is 4.79 Å². The van der Waals surface area contributed by atoms with Gasteiger partial charge in [-0.15, -0.1) is 0 Å². The summed E-state index contributed by atoms with van der Waals surface area (Å²) in [6.45, 7) is -0.00118. The lowest BCUT2D eigenvalue weighted by atomic mass is 10.2. The van der Waals surface area contributed by atoms with E-state index in [2.05, 4.69) is 10.1 Å². The van der Waals surface area contributed by atoms with Crippen LogP contribution >= 0.6 is 0 Å². The highest BCUT2D eigenvalue weighted by molar-refractivity contribution is 6.04. The first-order valence-electron chi connectivity index (χ1n) is 8.37. The second kappa shape index (κ2) is 8.07. The lowest BCUT2D eigenvalue weighted by Crippen LogP contribution is -2.40. The Labute approximate surface area is 151 Å². The average molecular weight is 357 g/mol. The van der Waals surface area contributed by atoms with Gasteiger partial charge in [-0.2, -0.15) is 4.57 Å². The van der Waals surface area contributed by atoms with E-state index < -0.39 is 5.97 Å². The summed E-state index contributed by atoms with van der Waals surface area (Å²) in [4.78, 5) is 23.9. The van der Waals surface area contributed by atoms with Crippen molar-refractivity contribution in [2.24, 2.45) is 0 Å². The molecular weight excluding hydrogens is 336 g/mol. The number of ether oxygens (including phenoxy) is 2. The zero-order valence-corrected chi connectivity index (χ0v) is 14.4. The monoisotopic (exact) mass is 357 g/mol.